The van der Waals surface area contributed by atoms with Gasteiger partial charge in [-0.3, -0.25) is 14.7 Å². The van der Waals surface area contributed by atoms with Gasteiger partial charge >= 0.3 is 0 Å². The summed E-state index contributed by atoms with van der Waals surface area (Å²) in [6.07, 6.45) is 8.12. The Morgan fingerprint density at radius 2 is 2.14 bits per heavy atom. The van der Waals surface area contributed by atoms with Gasteiger partial charge in [-0.05, 0) is 68.2 Å². The summed E-state index contributed by atoms with van der Waals surface area (Å²) in [4.78, 5) is 22.0. The molecule has 1 unspecified atom stereocenters. The monoisotopic (exact) mass is 413 g/mol. The van der Waals surface area contributed by atoms with Gasteiger partial charge < -0.3 is 10.0 Å². The van der Waals surface area contributed by atoms with E-state index in [1.54, 1.807) is 11.7 Å². The Morgan fingerprint density at radius 1 is 1.31 bits per heavy atom. The third-order valence-electron chi connectivity index (χ3n) is 6.50. The fourth-order valence-corrected chi connectivity index (χ4v) is 5.50. The minimum Gasteiger partial charge on any atom is -0.508 e. The summed E-state index contributed by atoms with van der Waals surface area (Å²) in [7, 11) is 0. The average Bonchev–Trinajstić information content (AvgIpc) is 3.28. The molecule has 1 aromatic carbocycles. The molecule has 0 bridgehead atoms. The van der Waals surface area contributed by atoms with Gasteiger partial charge in [-0.2, -0.15) is 0 Å². The molecular weight excluding hydrogens is 382 g/mol. The van der Waals surface area contributed by atoms with E-state index in [-0.39, 0.29) is 5.91 Å². The fraction of sp³-hybridized carbons (Fsp3) is 0.565. The van der Waals surface area contributed by atoms with Crippen LogP contribution in [0.5, 0.6) is 5.75 Å². The molecule has 4 rings (SSSR count). The maximum atomic E-state index is 12.5. The van der Waals surface area contributed by atoms with Crippen molar-refractivity contribution in [3.8, 4) is 5.75 Å². The molecule has 1 N–H and O–H groups in total. The van der Waals surface area contributed by atoms with E-state index >= 15 is 0 Å². The number of benzene rings is 1. The van der Waals surface area contributed by atoms with Crippen molar-refractivity contribution in [1.29, 1.82) is 0 Å². The molecule has 1 aromatic heterocycles. The van der Waals surface area contributed by atoms with Gasteiger partial charge in [0.2, 0.25) is 0 Å². The molecule has 1 fully saturated rings. The summed E-state index contributed by atoms with van der Waals surface area (Å²) >= 11 is 1.43. The van der Waals surface area contributed by atoms with Crippen molar-refractivity contribution in [3.63, 3.8) is 0 Å². The average molecular weight is 414 g/mol. The van der Waals surface area contributed by atoms with Gasteiger partial charge in [0.25, 0.3) is 5.91 Å². The van der Waals surface area contributed by atoms with Crippen LogP contribution in [0.1, 0.15) is 53.4 Å². The first-order valence-corrected chi connectivity index (χ1v) is 11.7. The third kappa shape index (κ3) is 4.64. The molecule has 1 saturated heterocycles. The van der Waals surface area contributed by atoms with Gasteiger partial charge in [0.15, 0.2) is 0 Å². The zero-order chi connectivity index (χ0) is 20.2. The van der Waals surface area contributed by atoms with E-state index in [1.165, 1.54) is 16.9 Å². The highest BCUT2D eigenvalue weighted by molar-refractivity contribution is 7.11. The van der Waals surface area contributed by atoms with E-state index < -0.39 is 0 Å². The van der Waals surface area contributed by atoms with Gasteiger partial charge in [0.1, 0.15) is 10.6 Å². The molecule has 1 amide bonds. The van der Waals surface area contributed by atoms with Crippen molar-refractivity contribution in [3.05, 3.63) is 45.9 Å². The SMILES string of the molecule is CCCN(CC1CCN(C(=O)c2cncs2)CC1)C1CCc2c(O)cccc2C1. The van der Waals surface area contributed by atoms with Crippen molar-refractivity contribution in [2.75, 3.05) is 26.2 Å². The molecule has 6 heteroatoms. The number of aromatic hydroxyl groups is 1. The number of fused-ring (bicyclic) bond motifs is 1. The fourth-order valence-electron chi connectivity index (χ4n) is 4.92. The molecule has 2 aromatic rings. The van der Waals surface area contributed by atoms with Crippen molar-refractivity contribution >= 4 is 17.2 Å². The van der Waals surface area contributed by atoms with E-state index in [0.29, 0.717) is 17.7 Å². The Labute approximate surface area is 177 Å². The van der Waals surface area contributed by atoms with E-state index in [1.807, 2.05) is 17.0 Å². The van der Waals surface area contributed by atoms with Crippen LogP contribution in [-0.4, -0.2) is 58.0 Å². The zero-order valence-electron chi connectivity index (χ0n) is 17.2. The van der Waals surface area contributed by atoms with Crippen molar-refractivity contribution in [1.82, 2.24) is 14.8 Å². The molecule has 0 radical (unpaired) electrons. The second kappa shape index (κ2) is 9.26. The second-order valence-corrected chi connectivity index (χ2v) is 9.29. The molecule has 0 saturated carbocycles. The van der Waals surface area contributed by atoms with E-state index in [0.717, 1.165) is 75.1 Å². The first-order valence-electron chi connectivity index (χ1n) is 10.9. The molecule has 1 aliphatic heterocycles. The molecular formula is C23H31N3O2S. The number of likely N-dealkylation sites (tertiary alicyclic amines) is 1. The van der Waals surface area contributed by atoms with E-state index in [4.69, 9.17) is 0 Å². The quantitative estimate of drug-likeness (QED) is 0.779. The minimum absolute atomic E-state index is 0.139. The largest absolute Gasteiger partial charge is 0.508 e. The van der Waals surface area contributed by atoms with Crippen LogP contribution in [-0.2, 0) is 12.8 Å². The van der Waals surface area contributed by atoms with Crippen LogP contribution < -0.4 is 0 Å². The number of hydrogen-bond acceptors (Lipinski definition) is 5. The lowest BCUT2D eigenvalue weighted by Crippen LogP contribution is -2.45. The Balaban J connectivity index is 1.34. The number of piperidine rings is 1. The highest BCUT2D eigenvalue weighted by Gasteiger charge is 2.29. The molecule has 2 aliphatic rings. The van der Waals surface area contributed by atoms with E-state index in [2.05, 4.69) is 22.9 Å². The Bertz CT molecular complexity index is 816. The number of nitrogens with zero attached hydrogens (tertiary/aromatic N) is 3. The van der Waals surface area contributed by atoms with Gasteiger partial charge in [-0.25, -0.2) is 0 Å². The number of carbonyl (C=O) groups excluding carboxylic acids is 1. The summed E-state index contributed by atoms with van der Waals surface area (Å²) in [6.45, 7) is 6.20. The molecule has 29 heavy (non-hydrogen) atoms. The summed E-state index contributed by atoms with van der Waals surface area (Å²) in [5.74, 6) is 1.25. The first-order chi connectivity index (χ1) is 14.2. The third-order valence-corrected chi connectivity index (χ3v) is 7.26. The van der Waals surface area contributed by atoms with E-state index in [9.17, 15) is 9.90 Å². The molecule has 1 aliphatic carbocycles. The van der Waals surface area contributed by atoms with Crippen molar-refractivity contribution in [2.45, 2.75) is 51.5 Å². The number of aromatic nitrogens is 1. The molecule has 156 valence electrons. The number of phenolic OH excluding ortho intramolecular Hbond substituents is 1. The summed E-state index contributed by atoms with van der Waals surface area (Å²) in [5.41, 5.74) is 4.19. The Kier molecular flexibility index (Phi) is 6.50. The lowest BCUT2D eigenvalue weighted by molar-refractivity contribution is 0.0646. The summed E-state index contributed by atoms with van der Waals surface area (Å²) in [5, 5.41) is 10.1. The number of rotatable bonds is 6. The highest BCUT2D eigenvalue weighted by atomic mass is 32.1. The molecule has 5 nitrogen and oxygen atoms in total. The summed E-state index contributed by atoms with van der Waals surface area (Å²) in [6, 6.07) is 6.51. The van der Waals surface area contributed by atoms with Crippen molar-refractivity contribution < 1.29 is 9.90 Å². The van der Waals surface area contributed by atoms with Crippen LogP contribution in [0.4, 0.5) is 0 Å². The number of carbonyl (C=O) groups is 1. The predicted octanol–water partition coefficient (Wildman–Crippen LogP) is 3.97. The van der Waals surface area contributed by atoms with Crippen LogP contribution in [0, 0.1) is 5.92 Å². The molecule has 2 heterocycles. The van der Waals surface area contributed by atoms with Gasteiger partial charge in [-0.1, -0.05) is 19.1 Å². The Morgan fingerprint density at radius 3 is 2.86 bits per heavy atom. The van der Waals surface area contributed by atoms with Gasteiger partial charge in [-0.15, -0.1) is 11.3 Å². The van der Waals surface area contributed by atoms with Gasteiger partial charge in [0.05, 0.1) is 11.7 Å². The van der Waals surface area contributed by atoms with Crippen LogP contribution in [0.3, 0.4) is 0 Å². The predicted molar refractivity (Wildman–Crippen MR) is 117 cm³/mol. The smallest absolute Gasteiger partial charge is 0.265 e. The maximum Gasteiger partial charge on any atom is 0.265 e. The summed E-state index contributed by atoms with van der Waals surface area (Å²) < 4.78 is 0. The van der Waals surface area contributed by atoms with Crippen molar-refractivity contribution in [2.24, 2.45) is 5.92 Å². The van der Waals surface area contributed by atoms with Crippen LogP contribution in [0.15, 0.2) is 29.9 Å². The number of hydrogen-bond donors (Lipinski definition) is 1. The second-order valence-electron chi connectivity index (χ2n) is 8.41. The van der Waals surface area contributed by atoms with Gasteiger partial charge in [0, 0.05) is 25.7 Å². The standard InChI is InChI=1S/C23H31N3O2S/c1-2-10-26(19-6-7-20-18(13-19)4-3-5-21(20)27)15-17-8-11-25(12-9-17)23(28)22-14-24-16-29-22/h3-5,14,16-17,19,27H,2,6-13,15H2,1H3. The maximum absolute atomic E-state index is 12.5. The van der Waals surface area contributed by atoms with Crippen LogP contribution in [0.25, 0.3) is 0 Å². The first kappa shape index (κ1) is 20.4. The lowest BCUT2D eigenvalue weighted by Gasteiger charge is -2.39. The number of amides is 1. The Hall–Kier alpha value is -1.92. The zero-order valence-corrected chi connectivity index (χ0v) is 18.0. The molecule has 1 atom stereocenters. The number of thiazole rings is 1. The number of phenols is 1. The highest BCUT2D eigenvalue weighted by Crippen LogP contribution is 2.32. The topological polar surface area (TPSA) is 56.7 Å². The normalized spacial score (nSPS) is 20.1. The van der Waals surface area contributed by atoms with Crippen LogP contribution in [0.2, 0.25) is 0 Å². The van der Waals surface area contributed by atoms with Crippen LogP contribution >= 0.6 is 11.3 Å². The molecule has 0 spiro atoms. The minimum atomic E-state index is 0.139. The lowest BCUT2D eigenvalue weighted by atomic mass is 9.86.